The molecular weight excluding hydrogens is 216 g/mol. The van der Waals surface area contributed by atoms with E-state index in [2.05, 4.69) is 24.1 Å². The molecule has 1 N–H and O–H groups in total. The van der Waals surface area contributed by atoms with E-state index in [9.17, 15) is 0 Å². The van der Waals surface area contributed by atoms with Gasteiger partial charge in [0.05, 0.1) is 30.6 Å². The lowest BCUT2D eigenvalue weighted by atomic mass is 10.1. The van der Waals surface area contributed by atoms with Crippen molar-refractivity contribution < 1.29 is 9.47 Å². The molecule has 4 nitrogen and oxygen atoms in total. The van der Waals surface area contributed by atoms with E-state index in [0.717, 1.165) is 18.8 Å². The number of nitrogens with zero attached hydrogens (tertiary/aromatic N) is 1. The first-order valence-corrected chi connectivity index (χ1v) is 6.02. The van der Waals surface area contributed by atoms with Crippen LogP contribution in [0, 0.1) is 0 Å². The number of aromatic nitrogens is 1. The van der Waals surface area contributed by atoms with Gasteiger partial charge in [-0.25, -0.2) is 0 Å². The summed E-state index contributed by atoms with van der Waals surface area (Å²) in [6.07, 6.45) is 1.91. The average Bonchev–Trinajstić information content (AvgIpc) is 2.29. The van der Waals surface area contributed by atoms with Crippen molar-refractivity contribution in [3.05, 3.63) is 30.1 Å². The third-order valence-corrected chi connectivity index (χ3v) is 2.69. The molecule has 4 heteroatoms. The van der Waals surface area contributed by atoms with Gasteiger partial charge in [-0.2, -0.15) is 0 Å². The molecule has 0 aromatic carbocycles. The maximum atomic E-state index is 5.90. The molecule has 1 saturated heterocycles. The highest BCUT2D eigenvalue weighted by molar-refractivity contribution is 5.01. The van der Waals surface area contributed by atoms with E-state index in [0.29, 0.717) is 13.2 Å². The van der Waals surface area contributed by atoms with Gasteiger partial charge in [-0.05, 0) is 26.0 Å². The third-order valence-electron chi connectivity index (χ3n) is 2.69. The van der Waals surface area contributed by atoms with E-state index < -0.39 is 0 Å². The van der Waals surface area contributed by atoms with E-state index in [1.807, 2.05) is 18.2 Å². The zero-order chi connectivity index (χ0) is 12.1. The highest BCUT2D eigenvalue weighted by Gasteiger charge is 2.28. The van der Waals surface area contributed by atoms with Crippen LogP contribution >= 0.6 is 0 Å². The Morgan fingerprint density at radius 3 is 3.12 bits per heavy atom. The second-order valence-electron chi connectivity index (χ2n) is 4.97. The second kappa shape index (κ2) is 5.58. The summed E-state index contributed by atoms with van der Waals surface area (Å²) in [6, 6.07) is 5.83. The predicted octanol–water partition coefficient (Wildman–Crippen LogP) is 1.37. The van der Waals surface area contributed by atoms with Crippen molar-refractivity contribution in [3.63, 3.8) is 0 Å². The van der Waals surface area contributed by atoms with Crippen LogP contribution in [0.4, 0.5) is 0 Å². The lowest BCUT2D eigenvalue weighted by Gasteiger charge is -2.36. The first kappa shape index (κ1) is 12.5. The van der Waals surface area contributed by atoms with Crippen LogP contribution in [-0.4, -0.2) is 36.4 Å². The largest absolute Gasteiger partial charge is 0.372 e. The molecule has 17 heavy (non-hydrogen) atoms. The van der Waals surface area contributed by atoms with Crippen LogP contribution < -0.4 is 5.32 Å². The summed E-state index contributed by atoms with van der Waals surface area (Å²) in [4.78, 5) is 4.21. The quantitative estimate of drug-likeness (QED) is 0.857. The van der Waals surface area contributed by atoms with Crippen LogP contribution in [0.5, 0.6) is 0 Å². The molecule has 0 bridgehead atoms. The molecule has 0 saturated carbocycles. The van der Waals surface area contributed by atoms with E-state index in [-0.39, 0.29) is 11.7 Å². The number of hydrogen-bond donors (Lipinski definition) is 1. The number of ether oxygens (including phenoxy) is 2. The summed E-state index contributed by atoms with van der Waals surface area (Å²) in [5, 5.41) is 3.35. The van der Waals surface area contributed by atoms with Gasteiger partial charge in [0.2, 0.25) is 0 Å². The minimum absolute atomic E-state index is 0.0999. The summed E-state index contributed by atoms with van der Waals surface area (Å²) in [5.74, 6) is 0. The highest BCUT2D eigenvalue weighted by atomic mass is 16.5. The van der Waals surface area contributed by atoms with Gasteiger partial charge in [0.15, 0.2) is 0 Å². The normalized spacial score (nSPS) is 23.5. The standard InChI is InChI=1S/C13H20N2O2/c1-13(2)10-14-7-12(17-13)9-16-8-11-5-3-4-6-15-11/h3-6,12,14H,7-10H2,1-2H3. The van der Waals surface area contributed by atoms with Gasteiger partial charge in [-0.1, -0.05) is 6.07 Å². The van der Waals surface area contributed by atoms with Crippen LogP contribution in [-0.2, 0) is 16.1 Å². The smallest absolute Gasteiger partial charge is 0.0940 e. The van der Waals surface area contributed by atoms with Crippen LogP contribution in [0.15, 0.2) is 24.4 Å². The van der Waals surface area contributed by atoms with Crippen molar-refractivity contribution in [2.75, 3.05) is 19.7 Å². The molecule has 0 aliphatic carbocycles. The van der Waals surface area contributed by atoms with Gasteiger partial charge in [0, 0.05) is 19.3 Å². The van der Waals surface area contributed by atoms with Gasteiger partial charge in [-0.15, -0.1) is 0 Å². The summed E-state index contributed by atoms with van der Waals surface area (Å²) in [6.45, 7) is 7.07. The number of nitrogens with one attached hydrogen (secondary N) is 1. The zero-order valence-corrected chi connectivity index (χ0v) is 10.5. The molecule has 1 aliphatic rings. The number of rotatable bonds is 4. The molecule has 0 spiro atoms. The van der Waals surface area contributed by atoms with Crippen LogP contribution in [0.25, 0.3) is 0 Å². The molecule has 1 atom stereocenters. The zero-order valence-electron chi connectivity index (χ0n) is 10.5. The summed E-state index contributed by atoms with van der Waals surface area (Å²) >= 11 is 0. The van der Waals surface area contributed by atoms with Gasteiger partial charge < -0.3 is 14.8 Å². The van der Waals surface area contributed by atoms with E-state index in [1.165, 1.54) is 0 Å². The predicted molar refractivity (Wildman–Crippen MR) is 65.7 cm³/mol. The Hall–Kier alpha value is -0.970. The first-order valence-electron chi connectivity index (χ1n) is 6.02. The molecule has 94 valence electrons. The number of pyridine rings is 1. The van der Waals surface area contributed by atoms with E-state index in [4.69, 9.17) is 9.47 Å². The van der Waals surface area contributed by atoms with E-state index in [1.54, 1.807) is 6.20 Å². The fourth-order valence-corrected chi connectivity index (χ4v) is 1.94. The maximum absolute atomic E-state index is 5.90. The van der Waals surface area contributed by atoms with Crippen molar-refractivity contribution in [1.82, 2.24) is 10.3 Å². The molecule has 1 aliphatic heterocycles. The molecular formula is C13H20N2O2. The van der Waals surface area contributed by atoms with Crippen molar-refractivity contribution in [2.45, 2.75) is 32.2 Å². The van der Waals surface area contributed by atoms with Crippen molar-refractivity contribution in [1.29, 1.82) is 0 Å². The number of morpholine rings is 1. The van der Waals surface area contributed by atoms with Crippen LogP contribution in [0.2, 0.25) is 0 Å². The maximum Gasteiger partial charge on any atom is 0.0940 e. The third kappa shape index (κ3) is 4.07. The van der Waals surface area contributed by atoms with Gasteiger partial charge in [0.25, 0.3) is 0 Å². The molecule has 2 rings (SSSR count). The lowest BCUT2D eigenvalue weighted by molar-refractivity contribution is -0.122. The van der Waals surface area contributed by atoms with Crippen LogP contribution in [0.3, 0.4) is 0 Å². The van der Waals surface area contributed by atoms with E-state index >= 15 is 0 Å². The van der Waals surface area contributed by atoms with Gasteiger partial charge >= 0.3 is 0 Å². The Morgan fingerprint density at radius 1 is 1.53 bits per heavy atom. The average molecular weight is 236 g/mol. The molecule has 0 radical (unpaired) electrons. The summed E-state index contributed by atoms with van der Waals surface area (Å²) in [7, 11) is 0. The lowest BCUT2D eigenvalue weighted by Crippen LogP contribution is -2.51. The fourth-order valence-electron chi connectivity index (χ4n) is 1.94. The Kier molecular flexibility index (Phi) is 4.10. The monoisotopic (exact) mass is 236 g/mol. The van der Waals surface area contributed by atoms with Crippen molar-refractivity contribution >= 4 is 0 Å². The topological polar surface area (TPSA) is 43.4 Å². The summed E-state index contributed by atoms with van der Waals surface area (Å²) < 4.78 is 11.5. The van der Waals surface area contributed by atoms with Crippen LogP contribution in [0.1, 0.15) is 19.5 Å². The van der Waals surface area contributed by atoms with Gasteiger partial charge in [0.1, 0.15) is 0 Å². The molecule has 2 heterocycles. The molecule has 1 aromatic heterocycles. The minimum atomic E-state index is -0.0999. The second-order valence-corrected chi connectivity index (χ2v) is 4.97. The SMILES string of the molecule is CC1(C)CNCC(COCc2ccccn2)O1. The Balaban J connectivity index is 1.72. The van der Waals surface area contributed by atoms with Crippen molar-refractivity contribution in [3.8, 4) is 0 Å². The fraction of sp³-hybridized carbons (Fsp3) is 0.615. The molecule has 0 amide bonds. The molecule has 1 unspecified atom stereocenters. The number of hydrogen-bond acceptors (Lipinski definition) is 4. The molecule has 1 aromatic rings. The van der Waals surface area contributed by atoms with Crippen molar-refractivity contribution in [2.24, 2.45) is 0 Å². The summed E-state index contributed by atoms with van der Waals surface area (Å²) in [5.41, 5.74) is 0.854. The van der Waals surface area contributed by atoms with Gasteiger partial charge in [-0.3, -0.25) is 4.98 Å². The first-order chi connectivity index (χ1) is 8.16. The highest BCUT2D eigenvalue weighted by Crippen LogP contribution is 2.15. The Labute approximate surface area is 102 Å². The Morgan fingerprint density at radius 2 is 2.41 bits per heavy atom. The Bertz CT molecular complexity index is 341. The molecule has 1 fully saturated rings. The minimum Gasteiger partial charge on any atom is -0.372 e.